The molecule has 7 nitrogen and oxygen atoms in total. The van der Waals surface area contributed by atoms with Gasteiger partial charge in [-0.15, -0.1) is 0 Å². The lowest BCUT2D eigenvalue weighted by Gasteiger charge is -2.29. The van der Waals surface area contributed by atoms with E-state index < -0.39 is 11.8 Å². The fourth-order valence-electron chi connectivity index (χ4n) is 3.36. The molecule has 1 aliphatic heterocycles. The largest absolute Gasteiger partial charge is 0.490 e. The fourth-order valence-corrected chi connectivity index (χ4v) is 3.64. The van der Waals surface area contributed by atoms with E-state index in [0.717, 1.165) is 6.42 Å². The first-order chi connectivity index (χ1) is 15.9. The SMILES string of the molecule is CCOc1cc(/C=C2\C(=O)NC(=S)N(c3ccc([C@H](C)CC)cc3)C2=O)ccc1OCC#N. The summed E-state index contributed by atoms with van der Waals surface area (Å²) in [4.78, 5) is 27.2. The average molecular weight is 464 g/mol. The Labute approximate surface area is 198 Å². The molecule has 1 N–H and O–H groups in total. The van der Waals surface area contributed by atoms with E-state index in [9.17, 15) is 9.59 Å². The second-order valence-corrected chi connectivity index (χ2v) is 7.83. The lowest BCUT2D eigenvalue weighted by Crippen LogP contribution is -2.54. The van der Waals surface area contributed by atoms with Gasteiger partial charge in [0.1, 0.15) is 11.6 Å². The summed E-state index contributed by atoms with van der Waals surface area (Å²) in [5.74, 6) is 0.142. The van der Waals surface area contributed by atoms with Crippen LogP contribution < -0.4 is 19.7 Å². The summed E-state index contributed by atoms with van der Waals surface area (Å²) in [5, 5.41) is 11.4. The van der Waals surface area contributed by atoms with Gasteiger partial charge in [-0.1, -0.05) is 32.0 Å². The fraction of sp³-hybridized carbons (Fsp3) is 0.280. The number of hydrogen-bond acceptors (Lipinski definition) is 6. The number of nitrogens with zero attached hydrogens (tertiary/aromatic N) is 2. The average Bonchev–Trinajstić information content (AvgIpc) is 2.81. The van der Waals surface area contributed by atoms with Gasteiger partial charge >= 0.3 is 0 Å². The standard InChI is InChI=1S/C25H25N3O4S/c1-4-16(3)18-7-9-19(10-8-18)28-24(30)20(23(29)27-25(28)33)14-17-6-11-21(32-13-12-26)22(15-17)31-5-2/h6-11,14-16H,4-5,13H2,1-3H3,(H,27,29,33)/b20-14+/t16-/m1/s1. The molecule has 1 saturated heterocycles. The first-order valence-electron chi connectivity index (χ1n) is 10.7. The molecule has 1 heterocycles. The predicted molar refractivity (Wildman–Crippen MR) is 130 cm³/mol. The molecule has 8 heteroatoms. The maximum absolute atomic E-state index is 13.3. The van der Waals surface area contributed by atoms with Crippen LogP contribution in [-0.2, 0) is 9.59 Å². The molecule has 0 spiro atoms. The number of ether oxygens (including phenoxy) is 2. The minimum Gasteiger partial charge on any atom is -0.490 e. The van der Waals surface area contributed by atoms with Crippen molar-refractivity contribution in [2.45, 2.75) is 33.1 Å². The molecule has 0 saturated carbocycles. The van der Waals surface area contributed by atoms with Gasteiger partial charge in [-0.3, -0.25) is 19.8 Å². The molecule has 0 aliphatic carbocycles. The van der Waals surface area contributed by atoms with Gasteiger partial charge in [0.25, 0.3) is 11.8 Å². The Morgan fingerprint density at radius 2 is 1.85 bits per heavy atom. The van der Waals surface area contributed by atoms with Crippen LogP contribution in [-0.4, -0.2) is 30.1 Å². The van der Waals surface area contributed by atoms with Crippen LogP contribution in [0.2, 0.25) is 0 Å². The first kappa shape index (κ1) is 24.0. The van der Waals surface area contributed by atoms with Crippen LogP contribution in [0.25, 0.3) is 6.08 Å². The van der Waals surface area contributed by atoms with Crippen molar-refractivity contribution in [2.24, 2.45) is 0 Å². The molecule has 0 unspecified atom stereocenters. The molecular formula is C25H25N3O4S. The van der Waals surface area contributed by atoms with Crippen LogP contribution in [0.3, 0.4) is 0 Å². The molecule has 0 aromatic heterocycles. The normalized spacial score (nSPS) is 15.8. The third-order valence-electron chi connectivity index (χ3n) is 5.31. The highest BCUT2D eigenvalue weighted by atomic mass is 32.1. The summed E-state index contributed by atoms with van der Waals surface area (Å²) in [6.45, 7) is 6.34. The van der Waals surface area contributed by atoms with E-state index in [-0.39, 0.29) is 17.3 Å². The van der Waals surface area contributed by atoms with Crippen molar-refractivity contribution in [3.63, 3.8) is 0 Å². The van der Waals surface area contributed by atoms with Crippen molar-refractivity contribution < 1.29 is 19.1 Å². The molecule has 1 fully saturated rings. The third kappa shape index (κ3) is 5.38. The molecule has 1 aliphatic rings. The van der Waals surface area contributed by atoms with Crippen LogP contribution in [0.15, 0.2) is 48.0 Å². The van der Waals surface area contributed by atoms with Crippen molar-refractivity contribution in [1.82, 2.24) is 5.32 Å². The lowest BCUT2D eigenvalue weighted by atomic mass is 9.98. The monoisotopic (exact) mass is 463 g/mol. The van der Waals surface area contributed by atoms with E-state index in [0.29, 0.717) is 35.3 Å². The Bertz CT molecular complexity index is 1140. The first-order valence-corrected chi connectivity index (χ1v) is 11.1. The van der Waals surface area contributed by atoms with Crippen LogP contribution in [0.1, 0.15) is 44.2 Å². The van der Waals surface area contributed by atoms with Crippen LogP contribution in [0.4, 0.5) is 5.69 Å². The Hall–Kier alpha value is -3.70. The number of hydrogen-bond donors (Lipinski definition) is 1. The number of nitrogens with one attached hydrogen (secondary N) is 1. The summed E-state index contributed by atoms with van der Waals surface area (Å²) in [5.41, 5.74) is 2.26. The van der Waals surface area contributed by atoms with Gasteiger partial charge in [0.05, 0.1) is 12.3 Å². The molecule has 1 atom stereocenters. The summed E-state index contributed by atoms with van der Waals surface area (Å²) in [7, 11) is 0. The van der Waals surface area contributed by atoms with Crippen LogP contribution >= 0.6 is 12.2 Å². The molecular weight excluding hydrogens is 438 g/mol. The van der Waals surface area contributed by atoms with Gasteiger partial charge in [-0.05, 0) is 72.9 Å². The second kappa shape index (κ2) is 10.7. The quantitative estimate of drug-likeness (QED) is 0.356. The van der Waals surface area contributed by atoms with Crippen LogP contribution in [0.5, 0.6) is 11.5 Å². The van der Waals surface area contributed by atoms with E-state index in [4.69, 9.17) is 27.0 Å². The van der Waals surface area contributed by atoms with Crippen molar-refractivity contribution in [1.29, 1.82) is 5.26 Å². The van der Waals surface area contributed by atoms with Gasteiger partial charge < -0.3 is 9.47 Å². The number of carbonyl (C=O) groups is 2. The highest BCUT2D eigenvalue weighted by molar-refractivity contribution is 7.80. The molecule has 33 heavy (non-hydrogen) atoms. The Morgan fingerprint density at radius 3 is 2.48 bits per heavy atom. The topological polar surface area (TPSA) is 91.7 Å². The number of anilines is 1. The number of amides is 2. The zero-order valence-electron chi connectivity index (χ0n) is 18.8. The highest BCUT2D eigenvalue weighted by Crippen LogP contribution is 2.30. The van der Waals surface area contributed by atoms with Crippen molar-refractivity contribution >= 4 is 40.9 Å². The molecule has 2 aromatic rings. The lowest BCUT2D eigenvalue weighted by molar-refractivity contribution is -0.122. The molecule has 0 bridgehead atoms. The van der Waals surface area contributed by atoms with Gasteiger partial charge in [0.2, 0.25) is 0 Å². The van der Waals surface area contributed by atoms with Gasteiger partial charge in [-0.2, -0.15) is 5.26 Å². The third-order valence-corrected chi connectivity index (χ3v) is 5.59. The Kier molecular flexibility index (Phi) is 7.80. The maximum atomic E-state index is 13.3. The van der Waals surface area contributed by atoms with Gasteiger partial charge in [0.15, 0.2) is 23.2 Å². The predicted octanol–water partition coefficient (Wildman–Crippen LogP) is 4.33. The van der Waals surface area contributed by atoms with Crippen LogP contribution in [0, 0.1) is 11.3 Å². The van der Waals surface area contributed by atoms with Gasteiger partial charge in [0, 0.05) is 0 Å². The molecule has 3 rings (SSSR count). The van der Waals surface area contributed by atoms with E-state index in [2.05, 4.69) is 19.2 Å². The zero-order valence-corrected chi connectivity index (χ0v) is 19.6. The molecule has 170 valence electrons. The second-order valence-electron chi connectivity index (χ2n) is 7.44. The van der Waals surface area contributed by atoms with Gasteiger partial charge in [-0.25, -0.2) is 0 Å². The number of nitriles is 1. The van der Waals surface area contributed by atoms with E-state index >= 15 is 0 Å². The minimum atomic E-state index is -0.569. The smallest absolute Gasteiger partial charge is 0.270 e. The Balaban J connectivity index is 1.93. The Morgan fingerprint density at radius 1 is 1.12 bits per heavy atom. The summed E-state index contributed by atoms with van der Waals surface area (Å²) in [6.07, 6.45) is 2.49. The molecule has 0 radical (unpaired) electrons. The van der Waals surface area contributed by atoms with E-state index in [1.165, 1.54) is 16.5 Å². The van der Waals surface area contributed by atoms with E-state index in [1.807, 2.05) is 37.3 Å². The summed E-state index contributed by atoms with van der Waals surface area (Å²) >= 11 is 5.28. The maximum Gasteiger partial charge on any atom is 0.270 e. The number of benzene rings is 2. The molecule has 2 aromatic carbocycles. The number of thiocarbonyl (C=S) groups is 1. The summed E-state index contributed by atoms with van der Waals surface area (Å²) < 4.78 is 11.0. The minimum absolute atomic E-state index is 0.0358. The van der Waals surface area contributed by atoms with E-state index in [1.54, 1.807) is 18.2 Å². The van der Waals surface area contributed by atoms with Crippen molar-refractivity contribution in [3.8, 4) is 17.6 Å². The van der Waals surface area contributed by atoms with Crippen molar-refractivity contribution in [3.05, 3.63) is 59.2 Å². The number of rotatable bonds is 8. The van der Waals surface area contributed by atoms with Crippen molar-refractivity contribution in [2.75, 3.05) is 18.1 Å². The molecule has 2 amide bonds. The zero-order chi connectivity index (χ0) is 24.0. The summed E-state index contributed by atoms with van der Waals surface area (Å²) in [6, 6.07) is 14.5. The highest BCUT2D eigenvalue weighted by Gasteiger charge is 2.34. The number of carbonyl (C=O) groups excluding carboxylic acids is 2.